The third-order valence-electron chi connectivity index (χ3n) is 7.29. The lowest BCUT2D eigenvalue weighted by Gasteiger charge is -2.31. The molecule has 2 fully saturated rings. The summed E-state index contributed by atoms with van der Waals surface area (Å²) < 4.78 is 0. The van der Waals surface area contributed by atoms with Crippen LogP contribution in [-0.2, 0) is 4.79 Å². The highest BCUT2D eigenvalue weighted by Crippen LogP contribution is 2.38. The quantitative estimate of drug-likeness (QED) is 0.477. The first kappa shape index (κ1) is 21.2. The van der Waals surface area contributed by atoms with Crippen molar-refractivity contribution in [1.82, 2.24) is 9.80 Å². The first-order chi connectivity index (χ1) is 15.8. The van der Waals surface area contributed by atoms with E-state index in [0.717, 1.165) is 64.8 Å². The third kappa shape index (κ3) is 4.59. The topological polar surface area (TPSA) is 23.6 Å². The molecule has 0 radical (unpaired) electrons. The van der Waals surface area contributed by atoms with Crippen molar-refractivity contribution < 1.29 is 4.79 Å². The van der Waals surface area contributed by atoms with Crippen LogP contribution in [0.2, 0.25) is 0 Å². The van der Waals surface area contributed by atoms with E-state index < -0.39 is 0 Å². The Hall–Kier alpha value is -2.65. The zero-order valence-corrected chi connectivity index (χ0v) is 19.1. The summed E-state index contributed by atoms with van der Waals surface area (Å²) in [5.74, 6) is 0.365. The Kier molecular flexibility index (Phi) is 6.54. The van der Waals surface area contributed by atoms with Gasteiger partial charge in [-0.15, -0.1) is 0 Å². The third-order valence-corrected chi connectivity index (χ3v) is 7.29. The molecule has 2 saturated heterocycles. The highest BCUT2D eigenvalue weighted by Gasteiger charge is 2.22. The number of carbonyl (C=O) groups excluding carboxylic acids is 1. The molecule has 166 valence electrons. The van der Waals surface area contributed by atoms with Crippen LogP contribution in [0.25, 0.3) is 17.7 Å². The fourth-order valence-electron chi connectivity index (χ4n) is 5.48. The van der Waals surface area contributed by atoms with Gasteiger partial charge in [0.25, 0.3) is 0 Å². The van der Waals surface area contributed by atoms with Gasteiger partial charge in [-0.3, -0.25) is 4.79 Å². The van der Waals surface area contributed by atoms with Crippen LogP contribution in [0.1, 0.15) is 67.2 Å². The number of piperidine rings is 2. The van der Waals surface area contributed by atoms with Crippen LogP contribution in [0.15, 0.2) is 54.1 Å². The molecule has 2 aliphatic heterocycles. The highest BCUT2D eigenvalue weighted by atomic mass is 16.2. The zero-order chi connectivity index (χ0) is 21.8. The molecule has 0 atom stereocenters. The number of benzene rings is 2. The van der Waals surface area contributed by atoms with Crippen LogP contribution < -0.4 is 0 Å². The van der Waals surface area contributed by atoms with Gasteiger partial charge in [0.15, 0.2) is 0 Å². The summed E-state index contributed by atoms with van der Waals surface area (Å²) in [4.78, 5) is 16.7. The van der Waals surface area contributed by atoms with E-state index in [2.05, 4.69) is 70.5 Å². The summed E-state index contributed by atoms with van der Waals surface area (Å²) in [6.07, 6.45) is 12.1. The number of hydrogen-bond acceptors (Lipinski definition) is 2. The van der Waals surface area contributed by atoms with E-state index in [1.165, 1.54) is 40.7 Å². The Bertz CT molecular complexity index is 973. The van der Waals surface area contributed by atoms with Gasteiger partial charge in [-0.2, -0.15) is 0 Å². The van der Waals surface area contributed by atoms with E-state index in [4.69, 9.17) is 0 Å². The van der Waals surface area contributed by atoms with Crippen molar-refractivity contribution >= 4 is 23.6 Å². The van der Waals surface area contributed by atoms with E-state index in [0.29, 0.717) is 5.91 Å². The largest absolute Gasteiger partial charge is 0.343 e. The van der Waals surface area contributed by atoms with Crippen molar-refractivity contribution in [1.29, 1.82) is 0 Å². The maximum Gasteiger partial charge on any atom is 0.222 e. The Labute approximate surface area is 192 Å². The molecule has 0 aromatic heterocycles. The first-order valence-corrected chi connectivity index (χ1v) is 12.4. The van der Waals surface area contributed by atoms with Gasteiger partial charge in [0, 0.05) is 32.6 Å². The molecule has 1 amide bonds. The number of fused-ring (bicyclic) bond motifs is 2. The molecule has 0 N–H and O–H groups in total. The molecular formula is C29H34N2O. The molecule has 2 aromatic rings. The second-order valence-corrected chi connectivity index (χ2v) is 9.37. The predicted octanol–water partition coefficient (Wildman–Crippen LogP) is 5.86. The summed E-state index contributed by atoms with van der Waals surface area (Å²) in [5.41, 5.74) is 8.46. The second kappa shape index (κ2) is 9.87. The minimum Gasteiger partial charge on any atom is -0.343 e. The van der Waals surface area contributed by atoms with Gasteiger partial charge >= 0.3 is 0 Å². The Morgan fingerprint density at radius 3 is 1.97 bits per heavy atom. The molecule has 0 saturated carbocycles. The molecule has 0 bridgehead atoms. The first-order valence-electron chi connectivity index (χ1n) is 12.4. The minimum atomic E-state index is 0.365. The minimum absolute atomic E-state index is 0.365. The van der Waals surface area contributed by atoms with Crippen molar-refractivity contribution in [2.24, 2.45) is 0 Å². The van der Waals surface area contributed by atoms with Gasteiger partial charge in [-0.05, 0) is 72.9 Å². The van der Waals surface area contributed by atoms with E-state index >= 15 is 0 Å². The van der Waals surface area contributed by atoms with Gasteiger partial charge in [0.05, 0.1) is 0 Å². The molecule has 1 aliphatic carbocycles. The van der Waals surface area contributed by atoms with Crippen LogP contribution >= 0.6 is 0 Å². The van der Waals surface area contributed by atoms with Gasteiger partial charge in [-0.1, -0.05) is 66.3 Å². The monoisotopic (exact) mass is 426 g/mol. The maximum absolute atomic E-state index is 12.0. The average Bonchev–Trinajstić information content (AvgIpc) is 3.00. The van der Waals surface area contributed by atoms with Crippen LogP contribution in [0.5, 0.6) is 0 Å². The molecule has 2 heterocycles. The molecular weight excluding hydrogens is 392 g/mol. The molecule has 0 unspecified atom stereocenters. The maximum atomic E-state index is 12.0. The van der Waals surface area contributed by atoms with Crippen LogP contribution in [0.3, 0.4) is 0 Å². The number of rotatable bonds is 5. The summed E-state index contributed by atoms with van der Waals surface area (Å²) >= 11 is 0. The molecule has 0 spiro atoms. The Morgan fingerprint density at radius 2 is 1.31 bits per heavy atom. The van der Waals surface area contributed by atoms with Gasteiger partial charge < -0.3 is 9.80 Å². The standard InChI is InChI=1S/C29H34N2O/c32-28-13-5-6-19-31(28)20-8-7-18-30-21-16-25(17-22-30)29-26-11-3-1-9-23(26)14-15-24-10-2-4-12-27(24)29/h1-4,9-12,14-15H,5-8,13,16-22H2. The Morgan fingerprint density at radius 1 is 0.688 bits per heavy atom. The lowest BCUT2D eigenvalue weighted by molar-refractivity contribution is -0.133. The molecule has 5 rings (SSSR count). The zero-order valence-electron chi connectivity index (χ0n) is 19.1. The van der Waals surface area contributed by atoms with E-state index in [9.17, 15) is 4.79 Å². The van der Waals surface area contributed by atoms with Crippen molar-refractivity contribution in [3.05, 3.63) is 76.4 Å². The number of amides is 1. The summed E-state index contributed by atoms with van der Waals surface area (Å²) in [6, 6.07) is 17.7. The highest BCUT2D eigenvalue weighted by molar-refractivity contribution is 5.94. The molecule has 3 heteroatoms. The summed E-state index contributed by atoms with van der Waals surface area (Å²) in [5, 5.41) is 0. The normalized spacial score (nSPS) is 19.0. The number of carbonyl (C=O) groups is 1. The smallest absolute Gasteiger partial charge is 0.222 e. The van der Waals surface area contributed by atoms with Crippen molar-refractivity contribution in [2.75, 3.05) is 32.7 Å². The van der Waals surface area contributed by atoms with Gasteiger partial charge in [0.1, 0.15) is 0 Å². The van der Waals surface area contributed by atoms with E-state index in [1.54, 1.807) is 5.57 Å². The van der Waals surface area contributed by atoms with E-state index in [-0.39, 0.29) is 0 Å². The number of hydrogen-bond donors (Lipinski definition) is 0. The fraction of sp³-hybridized carbons (Fsp3) is 0.414. The molecule has 3 nitrogen and oxygen atoms in total. The molecule has 2 aromatic carbocycles. The van der Waals surface area contributed by atoms with E-state index in [1.807, 2.05) is 0 Å². The van der Waals surface area contributed by atoms with Crippen LogP contribution in [-0.4, -0.2) is 48.4 Å². The van der Waals surface area contributed by atoms with Crippen molar-refractivity contribution in [3.63, 3.8) is 0 Å². The van der Waals surface area contributed by atoms with Crippen molar-refractivity contribution in [3.8, 4) is 0 Å². The number of likely N-dealkylation sites (tertiary alicyclic amines) is 2. The SMILES string of the molecule is O=C1CCCCN1CCCCN1CCC(=C2c3ccccc3C=Cc3ccccc32)CC1. The molecule has 3 aliphatic rings. The predicted molar refractivity (Wildman–Crippen MR) is 133 cm³/mol. The lowest BCUT2D eigenvalue weighted by Crippen LogP contribution is -2.36. The summed E-state index contributed by atoms with van der Waals surface area (Å²) in [6.45, 7) is 5.34. The van der Waals surface area contributed by atoms with Gasteiger partial charge in [-0.25, -0.2) is 0 Å². The second-order valence-electron chi connectivity index (χ2n) is 9.37. The Balaban J connectivity index is 1.24. The van der Waals surface area contributed by atoms with Gasteiger partial charge in [0.2, 0.25) is 5.91 Å². The van der Waals surface area contributed by atoms with Crippen LogP contribution in [0, 0.1) is 0 Å². The summed E-state index contributed by atoms with van der Waals surface area (Å²) in [7, 11) is 0. The average molecular weight is 427 g/mol. The van der Waals surface area contributed by atoms with Crippen LogP contribution in [0.4, 0.5) is 0 Å². The van der Waals surface area contributed by atoms with Crippen molar-refractivity contribution in [2.45, 2.75) is 44.9 Å². The molecule has 32 heavy (non-hydrogen) atoms. The number of nitrogens with zero attached hydrogens (tertiary/aromatic N) is 2. The fourth-order valence-corrected chi connectivity index (χ4v) is 5.48. The number of unbranched alkanes of at least 4 members (excludes halogenated alkanes) is 1. The lowest BCUT2D eigenvalue weighted by atomic mass is 9.86.